The maximum Gasteiger partial charge on any atom is 0.274 e. The van der Waals surface area contributed by atoms with Crippen molar-refractivity contribution in [1.82, 2.24) is 34.3 Å². The number of nitrogens with zero attached hydrogens (tertiary/aromatic N) is 7. The number of piperidine rings is 2. The Morgan fingerprint density at radius 2 is 1.51 bits per heavy atom. The lowest BCUT2D eigenvalue weighted by Gasteiger charge is -2.45. The van der Waals surface area contributed by atoms with Gasteiger partial charge in [0, 0.05) is 31.2 Å². The summed E-state index contributed by atoms with van der Waals surface area (Å²) in [5.74, 6) is 1.15. The van der Waals surface area contributed by atoms with Gasteiger partial charge in [-0.2, -0.15) is 0 Å². The van der Waals surface area contributed by atoms with Crippen molar-refractivity contribution in [3.63, 3.8) is 0 Å². The van der Waals surface area contributed by atoms with Gasteiger partial charge in [0.15, 0.2) is 5.69 Å². The van der Waals surface area contributed by atoms with Crippen molar-refractivity contribution in [3.05, 3.63) is 108 Å². The van der Waals surface area contributed by atoms with Crippen LogP contribution in [0.1, 0.15) is 72.9 Å². The summed E-state index contributed by atoms with van der Waals surface area (Å²) in [6.45, 7) is 4.74. The van der Waals surface area contributed by atoms with Crippen LogP contribution in [0.25, 0.3) is 16.7 Å². The molecule has 230 valence electrons. The summed E-state index contributed by atoms with van der Waals surface area (Å²) in [6.07, 6.45) is 9.61. The average molecular weight is 600 g/mol. The number of para-hydroxylation sites is 3. The SMILES string of the molecule is Cc1nc2ccccc2n1[C@H]1C[C@H]2CC[C@@H](C1)N2CCC1(c2ccccc2)CCN(C(=O)c2cnnn2-c2ccccc2)CC1. The first-order valence-corrected chi connectivity index (χ1v) is 16.6. The number of amides is 1. The van der Waals surface area contributed by atoms with Crippen LogP contribution in [0, 0.1) is 6.92 Å². The van der Waals surface area contributed by atoms with Gasteiger partial charge in [-0.25, -0.2) is 9.67 Å². The van der Waals surface area contributed by atoms with E-state index in [0.29, 0.717) is 23.8 Å². The topological polar surface area (TPSA) is 72.1 Å². The second-order valence-electron chi connectivity index (χ2n) is 13.3. The fourth-order valence-corrected chi connectivity index (χ4v) is 8.71. The zero-order valence-corrected chi connectivity index (χ0v) is 26.0. The standard InChI is InChI=1S/C37H41N7O/c1-27-39-33-14-8-9-15-34(33)43(27)32-24-30-16-17-31(25-32)42(30)23-20-37(28-10-4-2-5-11-28)18-21-41(22-19-37)36(45)35-26-38-40-44(35)29-12-6-3-7-13-29/h2-15,26,30-32H,16-25H2,1H3/t30-,31+,32+. The molecule has 3 atom stereocenters. The maximum absolute atomic E-state index is 13.7. The maximum atomic E-state index is 13.7. The molecule has 2 aromatic heterocycles. The third-order valence-corrected chi connectivity index (χ3v) is 11.0. The highest BCUT2D eigenvalue weighted by atomic mass is 16.2. The molecule has 5 heterocycles. The van der Waals surface area contributed by atoms with Crippen LogP contribution < -0.4 is 0 Å². The molecule has 0 saturated carbocycles. The molecule has 3 fully saturated rings. The summed E-state index contributed by atoms with van der Waals surface area (Å²) in [6, 6.07) is 31.2. The third kappa shape index (κ3) is 5.05. The van der Waals surface area contributed by atoms with Gasteiger partial charge in [0.05, 0.1) is 22.9 Å². The fraction of sp³-hybridized carbons (Fsp3) is 0.405. The van der Waals surface area contributed by atoms with E-state index in [1.165, 1.54) is 36.8 Å². The van der Waals surface area contributed by atoms with E-state index in [0.717, 1.165) is 55.9 Å². The number of likely N-dealkylation sites (tertiary alicyclic amines) is 1. The number of aromatic nitrogens is 5. The monoisotopic (exact) mass is 599 g/mol. The van der Waals surface area contributed by atoms with E-state index >= 15 is 0 Å². The summed E-state index contributed by atoms with van der Waals surface area (Å²) >= 11 is 0. The Hall–Kier alpha value is -4.30. The molecule has 0 radical (unpaired) electrons. The lowest BCUT2D eigenvalue weighted by Crippen LogP contribution is -2.49. The molecule has 0 unspecified atom stereocenters. The van der Waals surface area contributed by atoms with Crippen molar-refractivity contribution in [2.75, 3.05) is 19.6 Å². The van der Waals surface area contributed by atoms with E-state index in [1.54, 1.807) is 10.9 Å². The van der Waals surface area contributed by atoms with Crippen molar-refractivity contribution in [3.8, 4) is 5.69 Å². The Kier molecular flexibility index (Phi) is 7.25. The van der Waals surface area contributed by atoms with Gasteiger partial charge in [-0.05, 0) is 93.7 Å². The average Bonchev–Trinajstić information content (AvgIpc) is 3.77. The molecular weight excluding hydrogens is 558 g/mol. The van der Waals surface area contributed by atoms with Crippen LogP contribution in [0.3, 0.4) is 0 Å². The van der Waals surface area contributed by atoms with Crippen LogP contribution in [0.2, 0.25) is 0 Å². The van der Waals surface area contributed by atoms with Crippen LogP contribution in [0.5, 0.6) is 0 Å². The van der Waals surface area contributed by atoms with Crippen molar-refractivity contribution in [2.24, 2.45) is 0 Å². The molecule has 3 aromatic carbocycles. The van der Waals surface area contributed by atoms with Crippen LogP contribution in [0.4, 0.5) is 0 Å². The summed E-state index contributed by atoms with van der Waals surface area (Å²) in [5, 5.41) is 8.32. The van der Waals surface area contributed by atoms with Crippen LogP contribution in [-0.4, -0.2) is 72.0 Å². The molecule has 8 rings (SSSR count). The first-order valence-electron chi connectivity index (χ1n) is 16.6. The van der Waals surface area contributed by atoms with E-state index < -0.39 is 0 Å². The van der Waals surface area contributed by atoms with E-state index in [-0.39, 0.29) is 11.3 Å². The van der Waals surface area contributed by atoms with Crippen LogP contribution in [0.15, 0.2) is 91.1 Å². The number of aryl methyl sites for hydroxylation is 1. The van der Waals surface area contributed by atoms with Gasteiger partial charge in [0.1, 0.15) is 5.82 Å². The molecule has 2 bridgehead atoms. The van der Waals surface area contributed by atoms with Crippen molar-refractivity contribution in [1.29, 1.82) is 0 Å². The molecule has 45 heavy (non-hydrogen) atoms. The number of carbonyl (C=O) groups excluding carboxylic acids is 1. The predicted molar refractivity (Wildman–Crippen MR) is 175 cm³/mol. The lowest BCUT2D eigenvalue weighted by molar-refractivity contribution is 0.0599. The Morgan fingerprint density at radius 1 is 0.844 bits per heavy atom. The number of benzene rings is 3. The lowest BCUT2D eigenvalue weighted by atomic mass is 9.70. The molecule has 0 aliphatic carbocycles. The number of hydrogen-bond donors (Lipinski definition) is 0. The Labute approximate surface area is 264 Å². The molecule has 8 nitrogen and oxygen atoms in total. The molecule has 0 spiro atoms. The number of hydrogen-bond acceptors (Lipinski definition) is 5. The molecule has 0 N–H and O–H groups in total. The molecule has 1 amide bonds. The van der Waals surface area contributed by atoms with Gasteiger partial charge in [-0.1, -0.05) is 65.9 Å². The normalized spacial score (nSPS) is 23.0. The number of rotatable bonds is 7. The zero-order valence-electron chi connectivity index (χ0n) is 26.0. The smallest absolute Gasteiger partial charge is 0.274 e. The quantitative estimate of drug-likeness (QED) is 0.218. The highest BCUT2D eigenvalue weighted by Crippen LogP contribution is 2.45. The van der Waals surface area contributed by atoms with Crippen LogP contribution in [-0.2, 0) is 5.41 Å². The van der Waals surface area contributed by atoms with Gasteiger partial charge in [0.25, 0.3) is 5.91 Å². The van der Waals surface area contributed by atoms with Gasteiger partial charge in [-0.3, -0.25) is 9.69 Å². The highest BCUT2D eigenvalue weighted by molar-refractivity contribution is 5.93. The second-order valence-corrected chi connectivity index (χ2v) is 13.3. The number of fused-ring (bicyclic) bond motifs is 3. The molecule has 8 heteroatoms. The summed E-state index contributed by atoms with van der Waals surface area (Å²) in [4.78, 5) is 23.5. The third-order valence-electron chi connectivity index (χ3n) is 11.0. The number of imidazole rings is 1. The molecule has 5 aromatic rings. The highest BCUT2D eigenvalue weighted by Gasteiger charge is 2.44. The van der Waals surface area contributed by atoms with Gasteiger partial charge >= 0.3 is 0 Å². The minimum atomic E-state index is 0.00736. The van der Waals surface area contributed by atoms with Gasteiger partial charge in [-0.15, -0.1) is 5.10 Å². The minimum Gasteiger partial charge on any atom is -0.337 e. The summed E-state index contributed by atoms with van der Waals surface area (Å²) < 4.78 is 4.18. The molecule has 3 saturated heterocycles. The van der Waals surface area contributed by atoms with E-state index in [2.05, 4.69) is 81.3 Å². The summed E-state index contributed by atoms with van der Waals surface area (Å²) in [7, 11) is 0. The van der Waals surface area contributed by atoms with E-state index in [4.69, 9.17) is 4.98 Å². The Morgan fingerprint density at radius 3 is 2.24 bits per heavy atom. The zero-order chi connectivity index (χ0) is 30.4. The molecular formula is C37H41N7O. The largest absolute Gasteiger partial charge is 0.337 e. The van der Waals surface area contributed by atoms with E-state index in [1.807, 2.05) is 35.2 Å². The van der Waals surface area contributed by atoms with Crippen molar-refractivity contribution < 1.29 is 4.79 Å². The second kappa shape index (κ2) is 11.6. The first-order chi connectivity index (χ1) is 22.1. The Bertz CT molecular complexity index is 1770. The summed E-state index contributed by atoms with van der Waals surface area (Å²) in [5.41, 5.74) is 5.23. The number of carbonyl (C=O) groups is 1. The minimum absolute atomic E-state index is 0.00736. The van der Waals surface area contributed by atoms with E-state index in [9.17, 15) is 4.79 Å². The van der Waals surface area contributed by atoms with Gasteiger partial charge < -0.3 is 9.47 Å². The van der Waals surface area contributed by atoms with Gasteiger partial charge in [0.2, 0.25) is 0 Å². The predicted octanol–water partition coefficient (Wildman–Crippen LogP) is 6.36. The van der Waals surface area contributed by atoms with Crippen LogP contribution >= 0.6 is 0 Å². The fourth-order valence-electron chi connectivity index (χ4n) is 8.71. The first kappa shape index (κ1) is 28.2. The molecule has 3 aliphatic heterocycles. The Balaban J connectivity index is 0.978. The molecule has 3 aliphatic rings. The van der Waals surface area contributed by atoms with Crippen molar-refractivity contribution in [2.45, 2.75) is 75.4 Å². The van der Waals surface area contributed by atoms with Crippen molar-refractivity contribution >= 4 is 16.9 Å².